The van der Waals surface area contributed by atoms with Gasteiger partial charge < -0.3 is 15.6 Å². The van der Waals surface area contributed by atoms with Crippen LogP contribution in [0.15, 0.2) is 55.0 Å². The number of benzene rings is 1. The quantitative estimate of drug-likeness (QED) is 0.475. The summed E-state index contributed by atoms with van der Waals surface area (Å²) in [7, 11) is 0. The third-order valence-electron chi connectivity index (χ3n) is 5.70. The summed E-state index contributed by atoms with van der Waals surface area (Å²) in [6.45, 7) is 0.606. The highest BCUT2D eigenvalue weighted by molar-refractivity contribution is 5.85. The predicted octanol–water partition coefficient (Wildman–Crippen LogP) is 3.91. The van der Waals surface area contributed by atoms with Crippen molar-refractivity contribution in [1.29, 1.82) is 0 Å². The van der Waals surface area contributed by atoms with Gasteiger partial charge in [-0.2, -0.15) is 0 Å². The molecule has 1 atom stereocenters. The first kappa shape index (κ1) is 20.7. The van der Waals surface area contributed by atoms with E-state index in [4.69, 9.17) is 15.5 Å². The Morgan fingerprint density at radius 2 is 2.03 bits per heavy atom. The van der Waals surface area contributed by atoms with Gasteiger partial charge in [0.05, 0.1) is 11.7 Å². The van der Waals surface area contributed by atoms with E-state index in [0.29, 0.717) is 47.3 Å². The molecule has 3 aromatic heterocycles. The molecular weight excluding hydrogens is 427 g/mol. The number of hydrogen-bond donors (Lipinski definition) is 2. The van der Waals surface area contributed by atoms with Crippen LogP contribution in [0.5, 0.6) is 5.75 Å². The Labute approximate surface area is 188 Å². The fourth-order valence-corrected chi connectivity index (χ4v) is 4.18. The number of anilines is 1. The number of nitrogens with two attached hydrogens (primary N) is 1. The average Bonchev–Trinajstić information content (AvgIpc) is 3.44. The topological polar surface area (TPSA) is 119 Å². The normalized spacial score (nSPS) is 15.8. The van der Waals surface area contributed by atoms with Crippen molar-refractivity contribution in [2.75, 3.05) is 12.3 Å². The zero-order chi connectivity index (χ0) is 22.9. The number of fused-ring (bicyclic) bond motifs is 1. The standard InChI is InChI=1S/C23H21FN6O3/c24-15-7-8-26-16(12-15)13-33-17-5-3-14(4-6-17)19-20-21(25)27-9-11-30(20)22(28-19)18-2-1-10-29(18)23(31)32/h3-9,11-12,18H,1-2,10,13H2,(H2,25,27)(H,31,32)/t18-/m0/s1. The summed E-state index contributed by atoms with van der Waals surface area (Å²) in [5, 5.41) is 9.59. The Kier molecular flexibility index (Phi) is 5.25. The van der Waals surface area contributed by atoms with E-state index in [-0.39, 0.29) is 18.5 Å². The maximum Gasteiger partial charge on any atom is 0.407 e. The highest BCUT2D eigenvalue weighted by Crippen LogP contribution is 2.36. The first-order valence-electron chi connectivity index (χ1n) is 10.5. The molecule has 3 N–H and O–H groups in total. The Balaban J connectivity index is 1.46. The van der Waals surface area contributed by atoms with E-state index < -0.39 is 6.09 Å². The van der Waals surface area contributed by atoms with Crippen LogP contribution in [0.3, 0.4) is 0 Å². The fraction of sp³-hybridized carbons (Fsp3) is 0.217. The number of carboxylic acid groups (broad SMARTS) is 1. The van der Waals surface area contributed by atoms with Crippen LogP contribution in [-0.4, -0.2) is 42.0 Å². The molecule has 0 aliphatic carbocycles. The second-order valence-electron chi connectivity index (χ2n) is 7.76. The minimum Gasteiger partial charge on any atom is -0.487 e. The Morgan fingerprint density at radius 3 is 2.79 bits per heavy atom. The van der Waals surface area contributed by atoms with Gasteiger partial charge >= 0.3 is 6.09 Å². The average molecular weight is 448 g/mol. The molecule has 0 bridgehead atoms. The van der Waals surface area contributed by atoms with Gasteiger partial charge in [-0.05, 0) is 49.2 Å². The first-order valence-corrected chi connectivity index (χ1v) is 10.5. The Hall–Kier alpha value is -4.21. The van der Waals surface area contributed by atoms with E-state index >= 15 is 0 Å². The number of halogens is 1. The van der Waals surface area contributed by atoms with E-state index in [9.17, 15) is 14.3 Å². The molecule has 1 saturated heterocycles. The zero-order valence-corrected chi connectivity index (χ0v) is 17.6. The summed E-state index contributed by atoms with van der Waals surface area (Å²) in [6, 6.07) is 9.51. The maximum atomic E-state index is 13.3. The van der Waals surface area contributed by atoms with Crippen molar-refractivity contribution in [1.82, 2.24) is 24.3 Å². The minimum absolute atomic E-state index is 0.137. The maximum absolute atomic E-state index is 13.3. The van der Waals surface area contributed by atoms with Gasteiger partial charge in [0, 0.05) is 30.7 Å². The van der Waals surface area contributed by atoms with Gasteiger partial charge in [0.2, 0.25) is 0 Å². The van der Waals surface area contributed by atoms with Gasteiger partial charge in [-0.1, -0.05) is 0 Å². The van der Waals surface area contributed by atoms with E-state index in [1.807, 2.05) is 16.5 Å². The Bertz CT molecular complexity index is 1320. The second kappa shape index (κ2) is 8.38. The van der Waals surface area contributed by atoms with Crippen molar-refractivity contribution in [3.63, 3.8) is 0 Å². The molecule has 0 spiro atoms. The van der Waals surface area contributed by atoms with Crippen LogP contribution in [0.1, 0.15) is 30.4 Å². The molecule has 0 unspecified atom stereocenters. The molecule has 4 heterocycles. The van der Waals surface area contributed by atoms with Crippen LogP contribution in [-0.2, 0) is 6.61 Å². The molecule has 9 nitrogen and oxygen atoms in total. The molecule has 1 aliphatic heterocycles. The third-order valence-corrected chi connectivity index (χ3v) is 5.70. The number of nitrogens with zero attached hydrogens (tertiary/aromatic N) is 5. The van der Waals surface area contributed by atoms with Gasteiger partial charge in [0.25, 0.3) is 0 Å². The summed E-state index contributed by atoms with van der Waals surface area (Å²) in [5.41, 5.74) is 8.71. The number of imidazole rings is 1. The molecule has 1 fully saturated rings. The molecule has 33 heavy (non-hydrogen) atoms. The van der Waals surface area contributed by atoms with Crippen LogP contribution in [0, 0.1) is 5.82 Å². The molecule has 1 amide bonds. The molecule has 10 heteroatoms. The molecular formula is C23H21FN6O3. The van der Waals surface area contributed by atoms with Crippen molar-refractivity contribution < 1.29 is 19.0 Å². The lowest BCUT2D eigenvalue weighted by Crippen LogP contribution is -2.29. The summed E-state index contributed by atoms with van der Waals surface area (Å²) in [6.07, 6.45) is 5.22. The number of rotatable bonds is 5. The van der Waals surface area contributed by atoms with Crippen LogP contribution < -0.4 is 10.5 Å². The summed E-state index contributed by atoms with van der Waals surface area (Å²) >= 11 is 0. The number of hydrogen-bond acceptors (Lipinski definition) is 6. The van der Waals surface area contributed by atoms with E-state index in [2.05, 4.69) is 9.97 Å². The van der Waals surface area contributed by atoms with Crippen LogP contribution in [0.2, 0.25) is 0 Å². The lowest BCUT2D eigenvalue weighted by molar-refractivity contribution is 0.138. The highest BCUT2D eigenvalue weighted by atomic mass is 19.1. The highest BCUT2D eigenvalue weighted by Gasteiger charge is 2.34. The number of amides is 1. The lowest BCUT2D eigenvalue weighted by Gasteiger charge is -2.20. The summed E-state index contributed by atoms with van der Waals surface area (Å²) in [5.74, 6) is 1.15. The number of carbonyl (C=O) groups is 1. The monoisotopic (exact) mass is 448 g/mol. The van der Waals surface area contributed by atoms with E-state index in [1.54, 1.807) is 24.5 Å². The van der Waals surface area contributed by atoms with Gasteiger partial charge in [-0.25, -0.2) is 19.2 Å². The lowest BCUT2D eigenvalue weighted by atomic mass is 10.1. The van der Waals surface area contributed by atoms with E-state index in [1.165, 1.54) is 23.2 Å². The number of likely N-dealkylation sites (tertiary alicyclic amines) is 1. The van der Waals surface area contributed by atoms with Gasteiger partial charge in [-0.3, -0.25) is 14.3 Å². The van der Waals surface area contributed by atoms with Gasteiger partial charge in [0.15, 0.2) is 0 Å². The first-order chi connectivity index (χ1) is 16.0. The van der Waals surface area contributed by atoms with Crippen molar-refractivity contribution in [3.05, 3.63) is 72.3 Å². The minimum atomic E-state index is -0.966. The second-order valence-corrected chi connectivity index (χ2v) is 7.76. The van der Waals surface area contributed by atoms with Crippen molar-refractivity contribution in [3.8, 4) is 17.0 Å². The predicted molar refractivity (Wildman–Crippen MR) is 118 cm³/mol. The molecule has 0 saturated carbocycles. The van der Waals surface area contributed by atoms with Crippen LogP contribution in [0.4, 0.5) is 15.0 Å². The smallest absolute Gasteiger partial charge is 0.407 e. The number of ether oxygens (including phenoxy) is 1. The van der Waals surface area contributed by atoms with Crippen molar-refractivity contribution >= 4 is 17.4 Å². The molecule has 4 aromatic rings. The molecule has 168 valence electrons. The number of nitrogen functional groups attached to an aromatic ring is 1. The SMILES string of the molecule is Nc1nccn2c([C@@H]3CCCN3C(=O)O)nc(-c3ccc(OCc4cc(F)ccn4)cc3)c12. The zero-order valence-electron chi connectivity index (χ0n) is 17.6. The van der Waals surface area contributed by atoms with E-state index in [0.717, 1.165) is 12.0 Å². The Morgan fingerprint density at radius 1 is 1.21 bits per heavy atom. The largest absolute Gasteiger partial charge is 0.487 e. The number of aromatic nitrogens is 4. The number of pyridine rings is 1. The summed E-state index contributed by atoms with van der Waals surface area (Å²) < 4.78 is 20.9. The van der Waals surface area contributed by atoms with Crippen molar-refractivity contribution in [2.24, 2.45) is 0 Å². The molecule has 5 rings (SSSR count). The molecule has 1 aromatic carbocycles. The van der Waals surface area contributed by atoms with Gasteiger partial charge in [-0.15, -0.1) is 0 Å². The summed E-state index contributed by atoms with van der Waals surface area (Å²) in [4.78, 5) is 26.2. The molecule has 0 radical (unpaired) electrons. The van der Waals surface area contributed by atoms with Crippen LogP contribution in [0.25, 0.3) is 16.8 Å². The fourth-order valence-electron chi connectivity index (χ4n) is 4.18. The van der Waals surface area contributed by atoms with Crippen molar-refractivity contribution in [2.45, 2.75) is 25.5 Å². The van der Waals surface area contributed by atoms with Gasteiger partial charge in [0.1, 0.15) is 41.0 Å². The van der Waals surface area contributed by atoms with Crippen LogP contribution >= 0.6 is 0 Å². The molecule has 1 aliphatic rings. The third kappa shape index (κ3) is 3.91.